The van der Waals surface area contributed by atoms with Crippen molar-refractivity contribution in [2.45, 2.75) is 44.8 Å². The highest BCUT2D eigenvalue weighted by molar-refractivity contribution is 5.17. The minimum Gasteiger partial charge on any atom is -0.301 e. The van der Waals surface area contributed by atoms with E-state index in [1.807, 2.05) is 0 Å². The molecule has 0 atom stereocenters. The van der Waals surface area contributed by atoms with Gasteiger partial charge >= 0.3 is 6.18 Å². The van der Waals surface area contributed by atoms with Crippen LogP contribution in [0.15, 0.2) is 18.2 Å². The molecule has 1 fully saturated rings. The van der Waals surface area contributed by atoms with Gasteiger partial charge in [-0.05, 0) is 51.9 Å². The van der Waals surface area contributed by atoms with Gasteiger partial charge in [0.05, 0.1) is 0 Å². The van der Waals surface area contributed by atoms with Gasteiger partial charge < -0.3 is 4.90 Å². The summed E-state index contributed by atoms with van der Waals surface area (Å²) in [6.07, 6.45) is -2.59. The average Bonchev–Trinajstić information content (AvgIpc) is 2.38. The van der Waals surface area contributed by atoms with Gasteiger partial charge in [-0.3, -0.25) is 0 Å². The third kappa shape index (κ3) is 3.47. The molecule has 0 aliphatic carbocycles. The van der Waals surface area contributed by atoms with Crippen molar-refractivity contribution in [2.24, 2.45) is 0 Å². The van der Waals surface area contributed by atoms with E-state index in [9.17, 15) is 13.2 Å². The van der Waals surface area contributed by atoms with E-state index < -0.39 is 11.9 Å². The molecule has 19 heavy (non-hydrogen) atoms. The molecule has 1 aliphatic heterocycles. The third-order valence-electron chi connectivity index (χ3n) is 3.74. The second-order valence-corrected chi connectivity index (χ2v) is 5.35. The fourth-order valence-electron chi connectivity index (χ4n) is 2.55. The topological polar surface area (TPSA) is 16.1 Å². The Labute approximate surface area is 111 Å². The van der Waals surface area contributed by atoms with Crippen LogP contribution in [0.3, 0.4) is 0 Å². The maximum Gasteiger partial charge on any atom is 0.433 e. The Kier molecular flexibility index (Phi) is 4.13. The van der Waals surface area contributed by atoms with E-state index in [2.05, 4.69) is 23.7 Å². The van der Waals surface area contributed by atoms with Gasteiger partial charge in [0.25, 0.3) is 0 Å². The van der Waals surface area contributed by atoms with Crippen molar-refractivity contribution in [1.82, 2.24) is 9.88 Å². The zero-order valence-electron chi connectivity index (χ0n) is 11.2. The van der Waals surface area contributed by atoms with Crippen LogP contribution in [-0.2, 0) is 6.18 Å². The molecule has 0 saturated carbocycles. The summed E-state index contributed by atoms with van der Waals surface area (Å²) in [5, 5.41) is 0. The summed E-state index contributed by atoms with van der Waals surface area (Å²) in [7, 11) is 0. The number of halogens is 3. The second kappa shape index (κ2) is 5.49. The lowest BCUT2D eigenvalue weighted by Crippen LogP contribution is -2.38. The van der Waals surface area contributed by atoms with Crippen molar-refractivity contribution in [3.8, 4) is 0 Å². The number of hydrogen-bond acceptors (Lipinski definition) is 2. The van der Waals surface area contributed by atoms with Crippen LogP contribution in [-0.4, -0.2) is 29.0 Å². The minimum absolute atomic E-state index is 0.150. The standard InChI is InChI=1S/C14H19F3N2/c1-10(2)19-8-6-11(7-9-19)12-4-3-5-13(18-12)14(15,16)17/h3-5,10-11H,6-9H2,1-2H3. The molecule has 1 aromatic rings. The monoisotopic (exact) mass is 272 g/mol. The summed E-state index contributed by atoms with van der Waals surface area (Å²) >= 11 is 0. The molecule has 106 valence electrons. The number of likely N-dealkylation sites (tertiary alicyclic amines) is 1. The zero-order chi connectivity index (χ0) is 14.0. The molecule has 2 heterocycles. The van der Waals surface area contributed by atoms with Crippen LogP contribution in [0.1, 0.15) is 44.0 Å². The van der Waals surface area contributed by atoms with Gasteiger partial charge in [-0.2, -0.15) is 13.2 Å². The first kappa shape index (κ1) is 14.3. The lowest BCUT2D eigenvalue weighted by molar-refractivity contribution is -0.141. The highest BCUT2D eigenvalue weighted by Gasteiger charge is 2.33. The molecular weight excluding hydrogens is 253 g/mol. The number of alkyl halides is 3. The first-order valence-electron chi connectivity index (χ1n) is 6.66. The molecule has 1 saturated heterocycles. The van der Waals surface area contributed by atoms with E-state index in [0.717, 1.165) is 32.0 Å². The smallest absolute Gasteiger partial charge is 0.301 e. The summed E-state index contributed by atoms with van der Waals surface area (Å²) in [6, 6.07) is 4.70. The number of aromatic nitrogens is 1. The fraction of sp³-hybridized carbons (Fsp3) is 0.643. The molecule has 0 aromatic carbocycles. The molecule has 0 N–H and O–H groups in total. The van der Waals surface area contributed by atoms with Crippen LogP contribution in [0, 0.1) is 0 Å². The number of hydrogen-bond donors (Lipinski definition) is 0. The van der Waals surface area contributed by atoms with Crippen molar-refractivity contribution in [3.05, 3.63) is 29.6 Å². The van der Waals surface area contributed by atoms with Crippen molar-refractivity contribution in [3.63, 3.8) is 0 Å². The maximum absolute atomic E-state index is 12.6. The third-order valence-corrected chi connectivity index (χ3v) is 3.74. The van der Waals surface area contributed by atoms with Gasteiger partial charge in [0.1, 0.15) is 5.69 Å². The first-order chi connectivity index (χ1) is 8.88. The van der Waals surface area contributed by atoms with Gasteiger partial charge in [-0.1, -0.05) is 6.07 Å². The van der Waals surface area contributed by atoms with E-state index in [4.69, 9.17) is 0 Å². The highest BCUT2D eigenvalue weighted by atomic mass is 19.4. The lowest BCUT2D eigenvalue weighted by atomic mass is 9.92. The largest absolute Gasteiger partial charge is 0.433 e. The van der Waals surface area contributed by atoms with Gasteiger partial charge in [0.15, 0.2) is 0 Å². The fourth-order valence-corrected chi connectivity index (χ4v) is 2.55. The van der Waals surface area contributed by atoms with Crippen LogP contribution in [0.5, 0.6) is 0 Å². The van der Waals surface area contributed by atoms with Crippen LogP contribution in [0.25, 0.3) is 0 Å². The molecular formula is C14H19F3N2. The van der Waals surface area contributed by atoms with Crippen molar-refractivity contribution in [1.29, 1.82) is 0 Å². The molecule has 0 unspecified atom stereocenters. The Hall–Kier alpha value is -1.10. The van der Waals surface area contributed by atoms with Crippen molar-refractivity contribution >= 4 is 0 Å². The molecule has 0 bridgehead atoms. The van der Waals surface area contributed by atoms with Crippen LogP contribution < -0.4 is 0 Å². The number of piperidine rings is 1. The van der Waals surface area contributed by atoms with Crippen molar-refractivity contribution < 1.29 is 13.2 Å². The zero-order valence-corrected chi connectivity index (χ0v) is 11.2. The van der Waals surface area contributed by atoms with Crippen LogP contribution >= 0.6 is 0 Å². The first-order valence-corrected chi connectivity index (χ1v) is 6.66. The summed E-state index contributed by atoms with van der Waals surface area (Å²) in [6.45, 7) is 6.15. The summed E-state index contributed by atoms with van der Waals surface area (Å²) in [5.74, 6) is 0.150. The normalized spacial score (nSPS) is 19.1. The van der Waals surface area contributed by atoms with Crippen LogP contribution in [0.4, 0.5) is 13.2 Å². The van der Waals surface area contributed by atoms with E-state index in [0.29, 0.717) is 11.7 Å². The maximum atomic E-state index is 12.6. The minimum atomic E-state index is -4.35. The Balaban J connectivity index is 2.08. The summed E-state index contributed by atoms with van der Waals surface area (Å²) in [5.41, 5.74) is -0.200. The van der Waals surface area contributed by atoms with E-state index in [1.54, 1.807) is 6.07 Å². The molecule has 0 radical (unpaired) electrons. The summed E-state index contributed by atoms with van der Waals surface area (Å²) in [4.78, 5) is 6.15. The average molecular weight is 272 g/mol. The molecule has 2 nitrogen and oxygen atoms in total. The van der Waals surface area contributed by atoms with Crippen LogP contribution in [0.2, 0.25) is 0 Å². The molecule has 0 amide bonds. The highest BCUT2D eigenvalue weighted by Crippen LogP contribution is 2.31. The molecule has 1 aliphatic rings. The molecule has 0 spiro atoms. The number of rotatable bonds is 2. The van der Waals surface area contributed by atoms with E-state index in [-0.39, 0.29) is 5.92 Å². The predicted molar refractivity (Wildman–Crippen MR) is 67.9 cm³/mol. The van der Waals surface area contributed by atoms with Gasteiger partial charge in [-0.25, -0.2) is 4.98 Å². The van der Waals surface area contributed by atoms with E-state index >= 15 is 0 Å². The molecule has 1 aromatic heterocycles. The SMILES string of the molecule is CC(C)N1CCC(c2cccc(C(F)(F)F)n2)CC1. The Morgan fingerprint density at radius 3 is 2.37 bits per heavy atom. The summed E-state index contributed by atoms with van der Waals surface area (Å²) < 4.78 is 37.9. The second-order valence-electron chi connectivity index (χ2n) is 5.35. The number of pyridine rings is 1. The Morgan fingerprint density at radius 1 is 1.21 bits per heavy atom. The van der Waals surface area contributed by atoms with E-state index in [1.165, 1.54) is 6.07 Å². The van der Waals surface area contributed by atoms with Gasteiger partial charge in [-0.15, -0.1) is 0 Å². The lowest BCUT2D eigenvalue weighted by Gasteiger charge is -2.34. The van der Waals surface area contributed by atoms with Gasteiger partial charge in [0, 0.05) is 17.7 Å². The molecule has 5 heteroatoms. The van der Waals surface area contributed by atoms with Gasteiger partial charge in [0.2, 0.25) is 0 Å². The molecule has 2 rings (SSSR count). The number of nitrogens with zero attached hydrogens (tertiary/aromatic N) is 2. The predicted octanol–water partition coefficient (Wildman–Crippen LogP) is 3.69. The quantitative estimate of drug-likeness (QED) is 0.816. The Bertz CT molecular complexity index is 421. The van der Waals surface area contributed by atoms with Crippen molar-refractivity contribution in [2.75, 3.05) is 13.1 Å². The Morgan fingerprint density at radius 2 is 1.84 bits per heavy atom.